The summed E-state index contributed by atoms with van der Waals surface area (Å²) < 4.78 is 6.52. The van der Waals surface area contributed by atoms with Gasteiger partial charge in [-0.1, -0.05) is 61.5 Å². The second kappa shape index (κ2) is 6.20. The summed E-state index contributed by atoms with van der Waals surface area (Å²) in [4.78, 5) is 13.5. The summed E-state index contributed by atoms with van der Waals surface area (Å²) in [6.07, 6.45) is 1.61. The number of benzene rings is 3. The van der Waals surface area contributed by atoms with Crippen molar-refractivity contribution >= 4 is 17.3 Å². The predicted molar refractivity (Wildman–Crippen MR) is 115 cm³/mol. The van der Waals surface area contributed by atoms with Crippen LogP contribution in [0.2, 0.25) is 0 Å². The van der Waals surface area contributed by atoms with Gasteiger partial charge in [0.2, 0.25) is 0 Å². The first-order valence-corrected chi connectivity index (χ1v) is 10.4. The SMILES string of the molecule is CCc1ccc2c(c1)[C@@]1(Oc3ccccc3[C@@H]3CC(c4ccccc4)=NN31)C(=O)N2. The van der Waals surface area contributed by atoms with Gasteiger partial charge in [0.1, 0.15) is 5.75 Å². The molecule has 5 nitrogen and oxygen atoms in total. The molecule has 1 amide bonds. The Kier molecular flexibility index (Phi) is 3.57. The van der Waals surface area contributed by atoms with E-state index in [1.807, 2.05) is 47.5 Å². The number of nitrogens with zero attached hydrogens (tertiary/aromatic N) is 2. The molecule has 1 spiro atoms. The molecule has 3 aliphatic heterocycles. The molecule has 3 aromatic carbocycles. The van der Waals surface area contributed by atoms with Crippen molar-refractivity contribution in [3.05, 3.63) is 95.1 Å². The molecule has 3 aromatic rings. The highest BCUT2D eigenvalue weighted by Gasteiger charge is 2.60. The number of hydrazone groups is 1. The summed E-state index contributed by atoms with van der Waals surface area (Å²) in [7, 11) is 0. The molecule has 0 unspecified atom stereocenters. The van der Waals surface area contributed by atoms with E-state index in [1.54, 1.807) is 0 Å². The van der Waals surface area contributed by atoms with Crippen molar-refractivity contribution in [2.75, 3.05) is 5.32 Å². The van der Waals surface area contributed by atoms with Gasteiger partial charge in [0.25, 0.3) is 5.91 Å². The number of para-hydroxylation sites is 1. The maximum atomic E-state index is 13.5. The summed E-state index contributed by atoms with van der Waals surface area (Å²) in [5, 5.41) is 9.90. The Morgan fingerprint density at radius 3 is 2.73 bits per heavy atom. The van der Waals surface area contributed by atoms with Crippen LogP contribution in [-0.2, 0) is 16.9 Å². The molecular formula is C25H21N3O2. The number of anilines is 1. The number of carbonyl (C=O) groups excluding carboxylic acids is 1. The number of aryl methyl sites for hydroxylation is 1. The quantitative estimate of drug-likeness (QED) is 0.690. The normalized spacial score (nSPS) is 23.4. The molecule has 0 bridgehead atoms. The molecular weight excluding hydrogens is 374 g/mol. The van der Waals surface area contributed by atoms with Crippen molar-refractivity contribution in [2.24, 2.45) is 5.10 Å². The minimum absolute atomic E-state index is 0.0628. The van der Waals surface area contributed by atoms with Crippen LogP contribution in [0.25, 0.3) is 0 Å². The van der Waals surface area contributed by atoms with Crippen LogP contribution in [0.15, 0.2) is 77.9 Å². The van der Waals surface area contributed by atoms with Gasteiger partial charge in [0, 0.05) is 12.0 Å². The zero-order chi connectivity index (χ0) is 20.3. The van der Waals surface area contributed by atoms with Crippen LogP contribution in [0.5, 0.6) is 5.75 Å². The molecule has 0 fully saturated rings. The summed E-state index contributed by atoms with van der Waals surface area (Å²) in [5.41, 5.74) is 4.59. The predicted octanol–water partition coefficient (Wildman–Crippen LogP) is 4.60. The van der Waals surface area contributed by atoms with Crippen LogP contribution in [0, 0.1) is 0 Å². The third kappa shape index (κ3) is 2.23. The summed E-state index contributed by atoms with van der Waals surface area (Å²) in [6, 6.07) is 24.2. The minimum Gasteiger partial charge on any atom is -0.453 e. The summed E-state index contributed by atoms with van der Waals surface area (Å²) >= 11 is 0. The van der Waals surface area contributed by atoms with Gasteiger partial charge in [-0.05, 0) is 35.7 Å². The van der Waals surface area contributed by atoms with E-state index >= 15 is 0 Å². The van der Waals surface area contributed by atoms with E-state index in [-0.39, 0.29) is 11.9 Å². The Balaban J connectivity index is 1.58. The minimum atomic E-state index is -1.30. The van der Waals surface area contributed by atoms with E-state index in [1.165, 1.54) is 0 Å². The third-order valence-electron chi connectivity index (χ3n) is 6.29. The van der Waals surface area contributed by atoms with E-state index in [0.717, 1.165) is 52.2 Å². The number of nitrogens with one attached hydrogen (secondary N) is 1. The van der Waals surface area contributed by atoms with E-state index in [9.17, 15) is 4.79 Å². The standard InChI is InChI=1S/C25H21N3O2/c1-2-16-12-13-20-19(14-16)25(24(29)26-20)28-22(18-10-6-7-11-23(18)30-25)15-21(27-28)17-8-4-3-5-9-17/h3-14,22H,2,15H2,1H3,(H,26,29)/t22-,25+/m0/s1. The van der Waals surface area contributed by atoms with Crippen LogP contribution in [-0.4, -0.2) is 16.6 Å². The van der Waals surface area contributed by atoms with Crippen LogP contribution in [0.1, 0.15) is 41.6 Å². The molecule has 148 valence electrons. The number of fused-ring (bicyclic) bond motifs is 6. The van der Waals surface area contributed by atoms with Crippen molar-refractivity contribution in [1.29, 1.82) is 0 Å². The molecule has 0 radical (unpaired) electrons. The molecule has 0 saturated carbocycles. The van der Waals surface area contributed by atoms with Gasteiger partial charge in [0.15, 0.2) is 0 Å². The van der Waals surface area contributed by atoms with Gasteiger partial charge >= 0.3 is 5.72 Å². The number of amides is 1. The zero-order valence-electron chi connectivity index (χ0n) is 16.6. The van der Waals surface area contributed by atoms with Crippen molar-refractivity contribution in [1.82, 2.24) is 5.01 Å². The van der Waals surface area contributed by atoms with E-state index in [4.69, 9.17) is 9.84 Å². The number of rotatable bonds is 2. The topological polar surface area (TPSA) is 53.9 Å². The Bertz CT molecular complexity index is 1200. The van der Waals surface area contributed by atoms with Gasteiger partial charge < -0.3 is 10.1 Å². The number of hydrogen-bond donors (Lipinski definition) is 1. The lowest BCUT2D eigenvalue weighted by Gasteiger charge is -2.44. The van der Waals surface area contributed by atoms with Crippen LogP contribution in [0.4, 0.5) is 5.69 Å². The smallest absolute Gasteiger partial charge is 0.306 e. The maximum Gasteiger partial charge on any atom is 0.306 e. The molecule has 3 aliphatic rings. The van der Waals surface area contributed by atoms with Crippen molar-refractivity contribution in [3.8, 4) is 5.75 Å². The van der Waals surface area contributed by atoms with Crippen LogP contribution < -0.4 is 10.1 Å². The molecule has 6 rings (SSSR count). The summed E-state index contributed by atoms with van der Waals surface area (Å²) in [5.74, 6) is 0.552. The second-order valence-corrected chi connectivity index (χ2v) is 7.95. The molecule has 1 N–H and O–H groups in total. The Hall–Kier alpha value is -3.60. The first-order chi connectivity index (χ1) is 14.7. The molecule has 2 atom stereocenters. The second-order valence-electron chi connectivity index (χ2n) is 7.95. The average molecular weight is 395 g/mol. The lowest BCUT2D eigenvalue weighted by atomic mass is 9.91. The lowest BCUT2D eigenvalue weighted by molar-refractivity contribution is -0.161. The molecule has 5 heteroatoms. The zero-order valence-corrected chi connectivity index (χ0v) is 16.6. The number of carbonyl (C=O) groups is 1. The van der Waals surface area contributed by atoms with Gasteiger partial charge in [0.05, 0.1) is 23.0 Å². The van der Waals surface area contributed by atoms with Gasteiger partial charge in [-0.15, -0.1) is 0 Å². The fourth-order valence-corrected chi connectivity index (χ4v) is 4.76. The molecule has 0 aromatic heterocycles. The highest BCUT2D eigenvalue weighted by molar-refractivity contribution is 6.07. The number of ether oxygens (including phenoxy) is 1. The van der Waals surface area contributed by atoms with Crippen molar-refractivity contribution in [3.63, 3.8) is 0 Å². The Labute approximate surface area is 175 Å². The van der Waals surface area contributed by atoms with Crippen LogP contribution >= 0.6 is 0 Å². The molecule has 3 heterocycles. The third-order valence-corrected chi connectivity index (χ3v) is 6.29. The fraction of sp³-hybridized carbons (Fsp3) is 0.200. The molecule has 0 saturated heterocycles. The maximum absolute atomic E-state index is 13.5. The fourth-order valence-electron chi connectivity index (χ4n) is 4.76. The Morgan fingerprint density at radius 1 is 1.10 bits per heavy atom. The largest absolute Gasteiger partial charge is 0.453 e. The van der Waals surface area contributed by atoms with Gasteiger partial charge in [-0.25, -0.2) is 5.01 Å². The van der Waals surface area contributed by atoms with Gasteiger partial charge in [-0.2, -0.15) is 5.10 Å². The first-order valence-electron chi connectivity index (χ1n) is 10.4. The van der Waals surface area contributed by atoms with E-state index < -0.39 is 5.72 Å². The molecule has 30 heavy (non-hydrogen) atoms. The monoisotopic (exact) mass is 395 g/mol. The highest BCUT2D eigenvalue weighted by Crippen LogP contribution is 2.54. The van der Waals surface area contributed by atoms with Crippen molar-refractivity contribution < 1.29 is 9.53 Å². The summed E-state index contributed by atoms with van der Waals surface area (Å²) in [6.45, 7) is 2.11. The molecule has 0 aliphatic carbocycles. The number of hydrogen-bond acceptors (Lipinski definition) is 4. The van der Waals surface area contributed by atoms with Gasteiger partial charge in [-0.3, -0.25) is 4.79 Å². The highest BCUT2D eigenvalue weighted by atomic mass is 16.5. The van der Waals surface area contributed by atoms with E-state index in [0.29, 0.717) is 0 Å². The lowest BCUT2D eigenvalue weighted by Crippen LogP contribution is -2.55. The first kappa shape index (κ1) is 17.3. The Morgan fingerprint density at radius 2 is 1.90 bits per heavy atom. The van der Waals surface area contributed by atoms with Crippen molar-refractivity contribution in [2.45, 2.75) is 31.5 Å². The average Bonchev–Trinajstić information content (AvgIpc) is 3.35. The van der Waals surface area contributed by atoms with Crippen LogP contribution in [0.3, 0.4) is 0 Å². The van der Waals surface area contributed by atoms with E-state index in [2.05, 4.69) is 42.6 Å².